The van der Waals surface area contributed by atoms with Crippen LogP contribution in [0.1, 0.15) is 36.4 Å². The second-order valence-corrected chi connectivity index (χ2v) is 8.51. The number of benzene rings is 3. The molecular formula is C26H27N3O2. The average molecular weight is 414 g/mol. The van der Waals surface area contributed by atoms with Gasteiger partial charge in [0, 0.05) is 13.0 Å². The van der Waals surface area contributed by atoms with Gasteiger partial charge in [0.15, 0.2) is 0 Å². The molecule has 2 unspecified atom stereocenters. The summed E-state index contributed by atoms with van der Waals surface area (Å²) in [5, 5.41) is 18.8. The van der Waals surface area contributed by atoms with Crippen molar-refractivity contribution in [3.05, 3.63) is 83.9 Å². The van der Waals surface area contributed by atoms with Crippen LogP contribution in [0.5, 0.6) is 0 Å². The van der Waals surface area contributed by atoms with Crippen molar-refractivity contribution in [1.29, 1.82) is 0 Å². The monoisotopic (exact) mass is 413 g/mol. The number of rotatable bonds is 4. The molecule has 5 nitrogen and oxygen atoms in total. The summed E-state index contributed by atoms with van der Waals surface area (Å²) in [4.78, 5) is 15.3. The Morgan fingerprint density at radius 2 is 1.77 bits per heavy atom. The fourth-order valence-corrected chi connectivity index (χ4v) is 4.66. The average Bonchev–Trinajstić information content (AvgIpc) is 3.25. The molecule has 1 N–H and O–H groups in total. The first-order chi connectivity index (χ1) is 15.2. The molecule has 2 aliphatic heterocycles. The summed E-state index contributed by atoms with van der Waals surface area (Å²) in [5.74, 6) is -0.0151. The number of β-amino-alcohol motifs (C(OH)–C–C–N with tert-alkyl or cyclic N) is 1. The van der Waals surface area contributed by atoms with Crippen molar-refractivity contribution in [3.8, 4) is 0 Å². The fourth-order valence-electron chi connectivity index (χ4n) is 4.66. The van der Waals surface area contributed by atoms with Crippen molar-refractivity contribution in [1.82, 2.24) is 9.91 Å². The number of nitrogens with zero attached hydrogens (tertiary/aromatic N) is 3. The number of carbonyl (C=O) groups is 1. The van der Waals surface area contributed by atoms with E-state index in [-0.39, 0.29) is 24.6 Å². The van der Waals surface area contributed by atoms with Gasteiger partial charge in [-0.2, -0.15) is 5.10 Å². The van der Waals surface area contributed by atoms with Gasteiger partial charge in [0.1, 0.15) is 0 Å². The molecule has 0 aromatic heterocycles. The van der Waals surface area contributed by atoms with Crippen molar-refractivity contribution >= 4 is 22.4 Å². The summed E-state index contributed by atoms with van der Waals surface area (Å²) in [6.07, 6.45) is 2.08. The van der Waals surface area contributed by atoms with Crippen LogP contribution >= 0.6 is 0 Å². The van der Waals surface area contributed by atoms with E-state index in [1.807, 2.05) is 35.2 Å². The molecule has 3 aromatic carbocycles. The Morgan fingerprint density at radius 3 is 2.58 bits per heavy atom. The lowest BCUT2D eigenvalue weighted by Gasteiger charge is -2.31. The molecule has 2 heterocycles. The van der Waals surface area contributed by atoms with Crippen LogP contribution in [0.25, 0.3) is 10.8 Å². The molecule has 2 aliphatic rings. The highest BCUT2D eigenvalue weighted by Crippen LogP contribution is 2.33. The van der Waals surface area contributed by atoms with Gasteiger partial charge in [-0.15, -0.1) is 0 Å². The molecule has 5 rings (SSSR count). The van der Waals surface area contributed by atoms with Gasteiger partial charge in [-0.3, -0.25) is 9.69 Å². The van der Waals surface area contributed by atoms with E-state index in [0.29, 0.717) is 13.0 Å². The van der Waals surface area contributed by atoms with Crippen molar-refractivity contribution < 1.29 is 9.90 Å². The number of aliphatic hydroxyl groups excluding tert-OH is 1. The lowest BCUT2D eigenvalue weighted by Crippen LogP contribution is -2.44. The smallest absolute Gasteiger partial charge is 0.257 e. The third-order valence-corrected chi connectivity index (χ3v) is 6.27. The van der Waals surface area contributed by atoms with Crippen molar-refractivity contribution in [2.45, 2.75) is 31.4 Å². The molecule has 0 saturated carbocycles. The quantitative estimate of drug-likeness (QED) is 0.704. The number of hydrazone groups is 1. The first-order valence-corrected chi connectivity index (χ1v) is 11.0. The summed E-state index contributed by atoms with van der Waals surface area (Å²) < 4.78 is 0. The lowest BCUT2D eigenvalue weighted by atomic mass is 9.97. The number of amides is 1. The molecule has 2 atom stereocenters. The summed E-state index contributed by atoms with van der Waals surface area (Å²) in [6, 6.07) is 24.7. The molecule has 1 saturated heterocycles. The van der Waals surface area contributed by atoms with Crippen LogP contribution in [0.3, 0.4) is 0 Å². The topological polar surface area (TPSA) is 56.1 Å². The molecule has 31 heavy (non-hydrogen) atoms. The second-order valence-electron chi connectivity index (χ2n) is 8.51. The molecule has 0 spiro atoms. The number of likely N-dealkylation sites (tertiary alicyclic amines) is 1. The Labute approximate surface area is 182 Å². The highest BCUT2D eigenvalue weighted by molar-refractivity contribution is 6.05. The number of fused-ring (bicyclic) bond motifs is 1. The number of piperidine rings is 1. The first kappa shape index (κ1) is 19.9. The first-order valence-electron chi connectivity index (χ1n) is 11.0. The SMILES string of the molecule is O=C(CN1CCCC(O)C1)N1N=C(c2ccc3ccccc3c2)CC1c1ccccc1. The zero-order valence-corrected chi connectivity index (χ0v) is 17.5. The normalized spacial score (nSPS) is 22.0. The predicted molar refractivity (Wildman–Crippen MR) is 123 cm³/mol. The number of hydrogen-bond donors (Lipinski definition) is 1. The third kappa shape index (κ3) is 4.24. The van der Waals surface area contributed by atoms with Crippen LogP contribution in [0.15, 0.2) is 77.9 Å². The van der Waals surface area contributed by atoms with Gasteiger partial charge in [0.25, 0.3) is 5.91 Å². The van der Waals surface area contributed by atoms with Gasteiger partial charge in [0.2, 0.25) is 0 Å². The Bertz CT molecular complexity index is 1110. The molecule has 0 bridgehead atoms. The molecular weight excluding hydrogens is 386 g/mol. The van der Waals surface area contributed by atoms with Crippen LogP contribution in [0.2, 0.25) is 0 Å². The Kier molecular flexibility index (Phi) is 5.53. The van der Waals surface area contributed by atoms with Gasteiger partial charge in [-0.05, 0) is 47.4 Å². The Hall–Kier alpha value is -3.02. The van der Waals surface area contributed by atoms with E-state index in [4.69, 9.17) is 5.10 Å². The molecule has 158 valence electrons. The van der Waals surface area contributed by atoms with Crippen LogP contribution in [-0.4, -0.2) is 52.4 Å². The van der Waals surface area contributed by atoms with Crippen molar-refractivity contribution in [2.24, 2.45) is 5.10 Å². The molecule has 1 amide bonds. The lowest BCUT2D eigenvalue weighted by molar-refractivity contribution is -0.134. The van der Waals surface area contributed by atoms with Gasteiger partial charge in [0.05, 0.1) is 24.4 Å². The number of aliphatic hydroxyl groups is 1. The largest absolute Gasteiger partial charge is 0.392 e. The minimum absolute atomic E-state index is 0.0151. The molecule has 0 aliphatic carbocycles. The maximum Gasteiger partial charge on any atom is 0.257 e. The summed E-state index contributed by atoms with van der Waals surface area (Å²) in [6.45, 7) is 1.68. The number of carbonyl (C=O) groups excluding carboxylic acids is 1. The summed E-state index contributed by atoms with van der Waals surface area (Å²) in [7, 11) is 0. The summed E-state index contributed by atoms with van der Waals surface area (Å²) >= 11 is 0. The standard InChI is InChI=1S/C26H27N3O2/c30-23-11-6-14-28(17-23)18-26(31)29-25(20-8-2-1-3-9-20)16-24(27-29)22-13-12-19-7-4-5-10-21(19)15-22/h1-5,7-10,12-13,15,23,25,30H,6,11,14,16-18H2. The van der Waals surface area contributed by atoms with Crippen molar-refractivity contribution in [3.63, 3.8) is 0 Å². The highest BCUT2D eigenvalue weighted by Gasteiger charge is 2.34. The van der Waals surface area contributed by atoms with Crippen LogP contribution in [-0.2, 0) is 4.79 Å². The number of hydrogen-bond acceptors (Lipinski definition) is 4. The third-order valence-electron chi connectivity index (χ3n) is 6.27. The second kappa shape index (κ2) is 8.61. The van der Waals surface area contributed by atoms with E-state index in [0.717, 1.165) is 36.2 Å². The van der Waals surface area contributed by atoms with Crippen LogP contribution < -0.4 is 0 Å². The maximum absolute atomic E-state index is 13.3. The Balaban J connectivity index is 1.44. The predicted octanol–water partition coefficient (Wildman–Crippen LogP) is 3.97. The van der Waals surface area contributed by atoms with E-state index in [2.05, 4.69) is 42.5 Å². The minimum Gasteiger partial charge on any atom is -0.392 e. The molecule has 1 fully saturated rings. The van der Waals surface area contributed by atoms with Gasteiger partial charge < -0.3 is 5.11 Å². The van der Waals surface area contributed by atoms with Crippen LogP contribution in [0.4, 0.5) is 0 Å². The van der Waals surface area contributed by atoms with Crippen LogP contribution in [0, 0.1) is 0 Å². The van der Waals surface area contributed by atoms with Gasteiger partial charge >= 0.3 is 0 Å². The zero-order chi connectivity index (χ0) is 21.2. The zero-order valence-electron chi connectivity index (χ0n) is 17.5. The van der Waals surface area contributed by atoms with E-state index in [1.165, 1.54) is 10.8 Å². The van der Waals surface area contributed by atoms with E-state index in [9.17, 15) is 9.90 Å². The molecule has 0 radical (unpaired) electrons. The van der Waals surface area contributed by atoms with E-state index < -0.39 is 0 Å². The fraction of sp³-hybridized carbons (Fsp3) is 0.308. The maximum atomic E-state index is 13.3. The highest BCUT2D eigenvalue weighted by atomic mass is 16.3. The van der Waals surface area contributed by atoms with E-state index in [1.54, 1.807) is 5.01 Å². The molecule has 3 aromatic rings. The van der Waals surface area contributed by atoms with Crippen molar-refractivity contribution in [2.75, 3.05) is 19.6 Å². The minimum atomic E-state index is -0.346. The van der Waals surface area contributed by atoms with E-state index >= 15 is 0 Å². The molecule has 5 heteroatoms. The Morgan fingerprint density at radius 1 is 1.00 bits per heavy atom. The summed E-state index contributed by atoms with van der Waals surface area (Å²) in [5.41, 5.74) is 3.09. The van der Waals surface area contributed by atoms with Gasteiger partial charge in [-0.1, -0.05) is 66.7 Å². The van der Waals surface area contributed by atoms with Gasteiger partial charge in [-0.25, -0.2) is 5.01 Å².